The number of hydrogen-bond acceptors (Lipinski definition) is 8. The molecule has 0 amide bonds. The number of aliphatic imine (C=N–C) groups is 1. The summed E-state index contributed by atoms with van der Waals surface area (Å²) < 4.78 is 8.18. The lowest BCUT2D eigenvalue weighted by Gasteiger charge is -2.50. The van der Waals surface area contributed by atoms with Gasteiger partial charge < -0.3 is 15.4 Å². The molecule has 9 heteroatoms. The molecule has 1 aromatic heterocycles. The van der Waals surface area contributed by atoms with Crippen LogP contribution in [0.1, 0.15) is 106 Å². The molecule has 0 saturated heterocycles. The van der Waals surface area contributed by atoms with Crippen LogP contribution < -0.4 is 10.6 Å². The fourth-order valence-electron chi connectivity index (χ4n) is 7.75. The molecule has 2 aromatic carbocycles. The molecule has 2 aliphatic rings. The summed E-state index contributed by atoms with van der Waals surface area (Å²) in [5.41, 5.74) is 10.4. The number of carbonyl (C=O) groups excluding carboxylic acids is 1. The Labute approximate surface area is 310 Å². The number of nitrogens with zero attached hydrogens (tertiary/aromatic N) is 6. The number of allylic oxidation sites excluding steroid dienone is 1. The number of esters is 1. The fourth-order valence-corrected chi connectivity index (χ4v) is 7.75. The molecule has 1 fully saturated rings. The van der Waals surface area contributed by atoms with Crippen molar-refractivity contribution in [2.24, 2.45) is 39.3 Å². The quantitative estimate of drug-likeness (QED) is 0.243. The minimum absolute atomic E-state index is 0.0190. The molecule has 9 nitrogen and oxygen atoms in total. The summed E-state index contributed by atoms with van der Waals surface area (Å²) in [7, 11) is 0. The SMILES string of the molecule is C=C(N)N(CC)c1ccc(/N=C2\C(C#N)=C(C(=O)OC3C(C(C)(C)C)CC(C)CC3C(C)(C)C)c3nc(-c4ccc(C(C)(C)C)cc4)nn32)c(C)c1. The second-order valence-electron chi connectivity index (χ2n) is 17.9. The van der Waals surface area contributed by atoms with Crippen LogP contribution in [-0.4, -0.2) is 39.2 Å². The molecule has 0 bridgehead atoms. The number of aromatic nitrogens is 3. The largest absolute Gasteiger partial charge is 0.458 e. The van der Waals surface area contributed by atoms with Crippen molar-refractivity contribution in [1.82, 2.24) is 14.8 Å². The van der Waals surface area contributed by atoms with E-state index in [1.807, 2.05) is 49.1 Å². The van der Waals surface area contributed by atoms with E-state index in [9.17, 15) is 10.1 Å². The van der Waals surface area contributed by atoms with Crippen molar-refractivity contribution in [3.63, 3.8) is 0 Å². The van der Waals surface area contributed by atoms with E-state index in [0.29, 0.717) is 29.8 Å². The number of ether oxygens (including phenoxy) is 1. The lowest BCUT2D eigenvalue weighted by atomic mass is 9.59. The predicted octanol–water partition coefficient (Wildman–Crippen LogP) is 9.34. The van der Waals surface area contributed by atoms with Crippen LogP contribution in [0.5, 0.6) is 0 Å². The van der Waals surface area contributed by atoms with Gasteiger partial charge in [-0.05, 0) is 78.2 Å². The minimum atomic E-state index is -0.569. The lowest BCUT2D eigenvalue weighted by Crippen LogP contribution is -2.49. The molecule has 2 heterocycles. The molecule has 3 aromatic rings. The first-order valence-corrected chi connectivity index (χ1v) is 18.5. The zero-order chi connectivity index (χ0) is 38.5. The number of benzene rings is 2. The molecule has 2 N–H and O–H groups in total. The molecule has 0 spiro atoms. The van der Waals surface area contributed by atoms with E-state index in [-0.39, 0.29) is 57.0 Å². The Hall–Kier alpha value is -4.71. The third-order valence-corrected chi connectivity index (χ3v) is 10.8. The number of carbonyl (C=O) groups is 1. The van der Waals surface area contributed by atoms with Gasteiger partial charge >= 0.3 is 5.97 Å². The van der Waals surface area contributed by atoms with Crippen molar-refractivity contribution in [3.05, 3.63) is 77.4 Å². The van der Waals surface area contributed by atoms with Crippen molar-refractivity contribution >= 4 is 28.8 Å². The van der Waals surface area contributed by atoms with Crippen LogP contribution in [0.4, 0.5) is 11.4 Å². The highest BCUT2D eigenvalue weighted by Gasteiger charge is 2.49. The monoisotopic (exact) mass is 703 g/mol. The fraction of sp³-hybridized carbons (Fsp3) is 0.512. The smallest absolute Gasteiger partial charge is 0.343 e. The van der Waals surface area contributed by atoms with Crippen LogP contribution in [0.25, 0.3) is 17.0 Å². The summed E-state index contributed by atoms with van der Waals surface area (Å²) in [5, 5.41) is 15.6. The Bertz CT molecular complexity index is 1930. The van der Waals surface area contributed by atoms with Gasteiger partial charge in [0.25, 0.3) is 0 Å². The van der Waals surface area contributed by atoms with E-state index < -0.39 is 5.97 Å². The zero-order valence-corrected chi connectivity index (χ0v) is 33.3. The maximum absolute atomic E-state index is 14.7. The van der Waals surface area contributed by atoms with Crippen LogP contribution in [0.2, 0.25) is 0 Å². The summed E-state index contributed by atoms with van der Waals surface area (Å²) in [4.78, 5) is 26.5. The van der Waals surface area contributed by atoms with E-state index in [4.69, 9.17) is 25.5 Å². The summed E-state index contributed by atoms with van der Waals surface area (Å²) in [6, 6.07) is 16.2. The average molecular weight is 704 g/mol. The van der Waals surface area contributed by atoms with Crippen molar-refractivity contribution in [3.8, 4) is 17.5 Å². The maximum atomic E-state index is 14.7. The maximum Gasteiger partial charge on any atom is 0.343 e. The van der Waals surface area contributed by atoms with E-state index in [2.05, 4.69) is 94.0 Å². The number of hydrogen-bond donors (Lipinski definition) is 1. The van der Waals surface area contributed by atoms with Gasteiger partial charge in [0.15, 0.2) is 17.5 Å². The predicted molar refractivity (Wildman–Crippen MR) is 211 cm³/mol. The van der Waals surface area contributed by atoms with Crippen molar-refractivity contribution in [2.75, 3.05) is 11.4 Å². The standard InChI is InChI=1S/C43H57N7O2/c1-14-49(27(4)45)30-19-20-34(26(3)23-30)46-38-31(24-44)35(39-47-37(48-50(38)39)28-15-17-29(18-16-28)41(5,6)7)40(51)52-36-32(42(8,9)10)21-25(2)22-33(36)43(11,12)13/h15-20,23,25,32-33,36H,4,14,21-22,45H2,1-3,5-13H3/b46-38+. The van der Waals surface area contributed by atoms with Crippen LogP contribution in [-0.2, 0) is 14.9 Å². The van der Waals surface area contributed by atoms with Gasteiger partial charge in [-0.3, -0.25) is 0 Å². The van der Waals surface area contributed by atoms with Crippen LogP contribution in [0.3, 0.4) is 0 Å². The van der Waals surface area contributed by atoms with Gasteiger partial charge in [-0.15, -0.1) is 5.10 Å². The number of aryl methyl sites for hydroxylation is 1. The lowest BCUT2D eigenvalue weighted by molar-refractivity contribution is -0.162. The molecule has 0 radical (unpaired) electrons. The molecular weight excluding hydrogens is 647 g/mol. The first kappa shape index (κ1) is 38.5. The molecule has 2 atom stereocenters. The molecule has 2 unspecified atom stereocenters. The van der Waals surface area contributed by atoms with Gasteiger partial charge in [-0.25, -0.2) is 14.8 Å². The van der Waals surface area contributed by atoms with Crippen molar-refractivity contribution in [1.29, 1.82) is 5.26 Å². The Morgan fingerprint density at radius 1 is 1.04 bits per heavy atom. The summed E-state index contributed by atoms with van der Waals surface area (Å²) in [6.45, 7) is 30.7. The number of anilines is 1. The second-order valence-corrected chi connectivity index (χ2v) is 17.9. The van der Waals surface area contributed by atoms with Crippen LogP contribution in [0.15, 0.2) is 65.4 Å². The third-order valence-electron chi connectivity index (χ3n) is 10.8. The minimum Gasteiger partial charge on any atom is -0.458 e. The molecule has 1 saturated carbocycles. The molecule has 276 valence electrons. The van der Waals surface area contributed by atoms with Crippen LogP contribution in [0, 0.1) is 46.8 Å². The number of rotatable bonds is 7. The van der Waals surface area contributed by atoms with E-state index in [1.54, 1.807) is 0 Å². The first-order chi connectivity index (χ1) is 24.1. The Morgan fingerprint density at radius 3 is 2.12 bits per heavy atom. The normalized spacial score (nSPS) is 21.6. The highest BCUT2D eigenvalue weighted by Crippen LogP contribution is 2.50. The topological polar surface area (TPSA) is 122 Å². The molecule has 52 heavy (non-hydrogen) atoms. The van der Waals surface area contributed by atoms with E-state index >= 15 is 0 Å². The highest BCUT2D eigenvalue weighted by molar-refractivity contribution is 6.30. The Balaban J connectivity index is 1.66. The van der Waals surface area contributed by atoms with Gasteiger partial charge in [0.05, 0.1) is 11.5 Å². The van der Waals surface area contributed by atoms with Crippen molar-refractivity contribution < 1.29 is 9.53 Å². The van der Waals surface area contributed by atoms with Gasteiger partial charge in [0.2, 0.25) is 0 Å². The molecule has 5 rings (SSSR count). The molecule has 1 aliphatic carbocycles. The van der Waals surface area contributed by atoms with E-state index in [1.165, 1.54) is 10.2 Å². The first-order valence-electron chi connectivity index (χ1n) is 18.5. The van der Waals surface area contributed by atoms with Gasteiger partial charge in [0.1, 0.15) is 23.3 Å². The highest BCUT2D eigenvalue weighted by atomic mass is 16.5. The zero-order valence-electron chi connectivity index (χ0n) is 33.3. The number of nitriles is 1. The van der Waals surface area contributed by atoms with Gasteiger partial charge in [-0.2, -0.15) is 9.94 Å². The van der Waals surface area contributed by atoms with Gasteiger partial charge in [0, 0.05) is 29.6 Å². The number of nitrogens with two attached hydrogens (primary N) is 1. The molecule has 1 aliphatic heterocycles. The second kappa shape index (κ2) is 14.0. The average Bonchev–Trinajstić information content (AvgIpc) is 3.59. The van der Waals surface area contributed by atoms with Crippen LogP contribution >= 0.6 is 0 Å². The molecular formula is C43H57N7O2. The Morgan fingerprint density at radius 2 is 1.63 bits per heavy atom. The third kappa shape index (κ3) is 7.58. The number of fused-ring (bicyclic) bond motifs is 1. The summed E-state index contributed by atoms with van der Waals surface area (Å²) in [5.74, 6) is 1.56. The van der Waals surface area contributed by atoms with Gasteiger partial charge in [-0.1, -0.05) is 100 Å². The Kier molecular flexibility index (Phi) is 10.4. The van der Waals surface area contributed by atoms with E-state index in [0.717, 1.165) is 29.7 Å². The summed E-state index contributed by atoms with van der Waals surface area (Å²) in [6.07, 6.45) is 1.57. The van der Waals surface area contributed by atoms with Crippen molar-refractivity contribution in [2.45, 2.75) is 107 Å². The summed E-state index contributed by atoms with van der Waals surface area (Å²) >= 11 is 0.